The summed E-state index contributed by atoms with van der Waals surface area (Å²) in [5.74, 6) is 0.627. The SMILES string of the molecule is CCc1ccc(OCc2cccc(C(=O)Nc3c(C)nn(Cc4ccccc4Cl)c3C)c2)cc1. The predicted molar refractivity (Wildman–Crippen MR) is 137 cm³/mol. The Hall–Kier alpha value is -3.57. The Kier molecular flexibility index (Phi) is 7.33. The molecule has 0 saturated heterocycles. The number of hydrogen-bond acceptors (Lipinski definition) is 3. The fourth-order valence-corrected chi connectivity index (χ4v) is 3.99. The lowest BCUT2D eigenvalue weighted by Crippen LogP contribution is -2.14. The molecule has 0 saturated carbocycles. The molecule has 6 heteroatoms. The van der Waals surface area contributed by atoms with Gasteiger partial charge >= 0.3 is 0 Å². The van der Waals surface area contributed by atoms with Gasteiger partial charge in [0.25, 0.3) is 5.91 Å². The van der Waals surface area contributed by atoms with E-state index in [0.717, 1.165) is 40.4 Å². The highest BCUT2D eigenvalue weighted by molar-refractivity contribution is 6.31. The first-order valence-electron chi connectivity index (χ1n) is 11.3. The fraction of sp³-hybridized carbons (Fsp3) is 0.214. The summed E-state index contributed by atoms with van der Waals surface area (Å²) in [4.78, 5) is 13.0. The third-order valence-electron chi connectivity index (χ3n) is 5.82. The fourth-order valence-electron chi connectivity index (χ4n) is 3.80. The van der Waals surface area contributed by atoms with Crippen LogP contribution in [0.5, 0.6) is 5.75 Å². The molecule has 1 aromatic heterocycles. The number of halogens is 1. The standard InChI is InChI=1S/C28H28ClN3O2/c1-4-21-12-14-25(15-13-21)34-18-22-8-7-10-23(16-22)28(33)30-27-19(2)31-32(20(27)3)17-24-9-5-6-11-26(24)29/h5-16H,4,17-18H2,1-3H3,(H,30,33). The van der Waals surface area contributed by atoms with Crippen LogP contribution in [-0.2, 0) is 19.6 Å². The Morgan fingerprint density at radius 2 is 1.76 bits per heavy atom. The lowest BCUT2D eigenvalue weighted by molar-refractivity contribution is 0.102. The summed E-state index contributed by atoms with van der Waals surface area (Å²) in [5.41, 5.74) is 6.09. The minimum atomic E-state index is -0.183. The molecule has 4 rings (SSSR count). The first-order chi connectivity index (χ1) is 16.4. The van der Waals surface area contributed by atoms with Crippen molar-refractivity contribution in [1.29, 1.82) is 0 Å². The summed E-state index contributed by atoms with van der Waals surface area (Å²) >= 11 is 6.31. The van der Waals surface area contributed by atoms with Gasteiger partial charge in [-0.1, -0.05) is 61.0 Å². The molecule has 1 heterocycles. The molecular weight excluding hydrogens is 446 g/mol. The number of nitrogens with zero attached hydrogens (tertiary/aromatic N) is 2. The molecule has 0 aliphatic rings. The molecule has 1 N–H and O–H groups in total. The van der Waals surface area contributed by atoms with Crippen molar-refractivity contribution in [3.05, 3.63) is 111 Å². The molecule has 174 valence electrons. The van der Waals surface area contributed by atoms with Gasteiger partial charge in [-0.05, 0) is 67.3 Å². The van der Waals surface area contributed by atoms with Crippen LogP contribution in [0, 0.1) is 13.8 Å². The highest BCUT2D eigenvalue weighted by Gasteiger charge is 2.16. The topological polar surface area (TPSA) is 56.1 Å². The van der Waals surface area contributed by atoms with Gasteiger partial charge in [-0.15, -0.1) is 0 Å². The quantitative estimate of drug-likeness (QED) is 0.314. The molecule has 0 bridgehead atoms. The number of carbonyl (C=O) groups excluding carboxylic acids is 1. The van der Waals surface area contributed by atoms with Gasteiger partial charge in [-0.25, -0.2) is 0 Å². The highest BCUT2D eigenvalue weighted by Crippen LogP contribution is 2.24. The zero-order valence-corrected chi connectivity index (χ0v) is 20.4. The van der Waals surface area contributed by atoms with E-state index in [0.29, 0.717) is 23.7 Å². The number of amides is 1. The van der Waals surface area contributed by atoms with Gasteiger partial charge in [0, 0.05) is 10.6 Å². The summed E-state index contributed by atoms with van der Waals surface area (Å²) in [7, 11) is 0. The van der Waals surface area contributed by atoms with Crippen molar-refractivity contribution in [2.45, 2.75) is 40.3 Å². The van der Waals surface area contributed by atoms with E-state index >= 15 is 0 Å². The Balaban J connectivity index is 1.44. The second kappa shape index (κ2) is 10.6. The van der Waals surface area contributed by atoms with Crippen LogP contribution in [-0.4, -0.2) is 15.7 Å². The number of aryl methyl sites for hydroxylation is 2. The first kappa shape index (κ1) is 23.6. The van der Waals surface area contributed by atoms with E-state index in [9.17, 15) is 4.79 Å². The smallest absolute Gasteiger partial charge is 0.255 e. The lowest BCUT2D eigenvalue weighted by Gasteiger charge is -2.10. The molecule has 0 unspecified atom stereocenters. The Labute approximate surface area is 205 Å². The summed E-state index contributed by atoms with van der Waals surface area (Å²) in [5, 5.41) is 8.34. The molecule has 0 spiro atoms. The van der Waals surface area contributed by atoms with Crippen LogP contribution in [0.4, 0.5) is 5.69 Å². The third kappa shape index (κ3) is 5.49. The molecule has 0 radical (unpaired) electrons. The first-order valence-corrected chi connectivity index (χ1v) is 11.7. The van der Waals surface area contributed by atoms with E-state index < -0.39 is 0 Å². The van der Waals surface area contributed by atoms with Crippen LogP contribution in [0.1, 0.15) is 45.4 Å². The lowest BCUT2D eigenvalue weighted by atomic mass is 10.1. The van der Waals surface area contributed by atoms with Gasteiger partial charge in [0.1, 0.15) is 12.4 Å². The Morgan fingerprint density at radius 1 is 1.00 bits per heavy atom. The number of carbonyl (C=O) groups is 1. The molecule has 0 fully saturated rings. The van der Waals surface area contributed by atoms with E-state index in [1.807, 2.05) is 73.1 Å². The number of hydrogen-bond donors (Lipinski definition) is 1. The molecule has 1 amide bonds. The summed E-state index contributed by atoms with van der Waals surface area (Å²) in [6.45, 7) is 6.88. The molecule has 5 nitrogen and oxygen atoms in total. The van der Waals surface area contributed by atoms with Crippen molar-refractivity contribution in [3.63, 3.8) is 0 Å². The van der Waals surface area contributed by atoms with Crippen molar-refractivity contribution < 1.29 is 9.53 Å². The molecule has 3 aromatic carbocycles. The van der Waals surface area contributed by atoms with Crippen LogP contribution in [0.25, 0.3) is 0 Å². The number of nitrogens with one attached hydrogen (secondary N) is 1. The zero-order chi connectivity index (χ0) is 24.1. The maximum Gasteiger partial charge on any atom is 0.255 e. The molecule has 34 heavy (non-hydrogen) atoms. The Morgan fingerprint density at radius 3 is 2.50 bits per heavy atom. The molecule has 0 aliphatic carbocycles. The van der Waals surface area contributed by atoms with Gasteiger partial charge in [0.2, 0.25) is 0 Å². The second-order valence-corrected chi connectivity index (χ2v) is 8.64. The number of benzene rings is 3. The van der Waals surface area contributed by atoms with Gasteiger partial charge in [-0.2, -0.15) is 5.10 Å². The molecular formula is C28H28ClN3O2. The minimum Gasteiger partial charge on any atom is -0.489 e. The van der Waals surface area contributed by atoms with Crippen molar-refractivity contribution in [3.8, 4) is 5.75 Å². The second-order valence-electron chi connectivity index (χ2n) is 8.24. The van der Waals surface area contributed by atoms with Crippen LogP contribution in [0.2, 0.25) is 5.02 Å². The number of ether oxygens (including phenoxy) is 1. The van der Waals surface area contributed by atoms with E-state index in [1.54, 1.807) is 6.07 Å². The van der Waals surface area contributed by atoms with E-state index in [1.165, 1.54) is 5.56 Å². The van der Waals surface area contributed by atoms with Crippen LogP contribution in [0.15, 0.2) is 72.8 Å². The van der Waals surface area contributed by atoms with Crippen molar-refractivity contribution in [2.24, 2.45) is 0 Å². The average Bonchev–Trinajstić information content (AvgIpc) is 3.12. The van der Waals surface area contributed by atoms with Gasteiger partial charge in [0.05, 0.1) is 23.6 Å². The largest absolute Gasteiger partial charge is 0.489 e. The predicted octanol–water partition coefficient (Wildman–Crippen LogP) is 6.60. The monoisotopic (exact) mass is 473 g/mol. The molecule has 0 atom stereocenters. The maximum absolute atomic E-state index is 13.0. The third-order valence-corrected chi connectivity index (χ3v) is 6.19. The number of anilines is 1. The van der Waals surface area contributed by atoms with Gasteiger partial charge in [0.15, 0.2) is 0 Å². The maximum atomic E-state index is 13.0. The van der Waals surface area contributed by atoms with E-state index in [-0.39, 0.29) is 5.91 Å². The zero-order valence-electron chi connectivity index (χ0n) is 19.6. The van der Waals surface area contributed by atoms with Gasteiger partial charge in [-0.3, -0.25) is 9.48 Å². The molecule has 4 aromatic rings. The summed E-state index contributed by atoms with van der Waals surface area (Å²) < 4.78 is 7.76. The average molecular weight is 474 g/mol. The summed E-state index contributed by atoms with van der Waals surface area (Å²) in [6, 6.07) is 23.2. The molecule has 0 aliphatic heterocycles. The number of rotatable bonds is 8. The van der Waals surface area contributed by atoms with Crippen LogP contribution in [0.3, 0.4) is 0 Å². The van der Waals surface area contributed by atoms with Crippen molar-refractivity contribution >= 4 is 23.2 Å². The van der Waals surface area contributed by atoms with Crippen molar-refractivity contribution in [2.75, 3.05) is 5.32 Å². The van der Waals surface area contributed by atoms with E-state index in [4.69, 9.17) is 16.3 Å². The highest BCUT2D eigenvalue weighted by atomic mass is 35.5. The van der Waals surface area contributed by atoms with Crippen LogP contribution < -0.4 is 10.1 Å². The number of aromatic nitrogens is 2. The normalized spacial score (nSPS) is 10.8. The van der Waals surface area contributed by atoms with Crippen molar-refractivity contribution in [1.82, 2.24) is 9.78 Å². The minimum absolute atomic E-state index is 0.183. The summed E-state index contributed by atoms with van der Waals surface area (Å²) in [6.07, 6.45) is 0.995. The van der Waals surface area contributed by atoms with E-state index in [2.05, 4.69) is 29.5 Å². The van der Waals surface area contributed by atoms with Gasteiger partial charge < -0.3 is 10.1 Å². The Bertz CT molecular complexity index is 1300. The van der Waals surface area contributed by atoms with Crippen LogP contribution >= 0.6 is 11.6 Å².